The van der Waals surface area contributed by atoms with E-state index in [-0.39, 0.29) is 6.04 Å². The van der Waals surface area contributed by atoms with Gasteiger partial charge in [-0.2, -0.15) is 5.10 Å². The number of aryl methyl sites for hydroxylation is 2. The first-order valence-electron chi connectivity index (χ1n) is 6.69. The van der Waals surface area contributed by atoms with Gasteiger partial charge >= 0.3 is 0 Å². The molecule has 0 aliphatic heterocycles. The molecule has 0 saturated heterocycles. The second-order valence-corrected chi connectivity index (χ2v) is 5.58. The van der Waals surface area contributed by atoms with Crippen LogP contribution in [0.2, 0.25) is 0 Å². The number of halogens is 1. The quantitative estimate of drug-likeness (QED) is 0.911. The molecule has 0 amide bonds. The van der Waals surface area contributed by atoms with Crippen molar-refractivity contribution in [3.05, 3.63) is 45.7 Å². The summed E-state index contributed by atoms with van der Waals surface area (Å²) in [6, 6.07) is 7.88. The van der Waals surface area contributed by atoms with Gasteiger partial charge in [0.2, 0.25) is 0 Å². The Balaban J connectivity index is 2.19. The lowest BCUT2D eigenvalue weighted by molar-refractivity contribution is 0.339. The fourth-order valence-corrected chi connectivity index (χ4v) is 2.73. The predicted molar refractivity (Wildman–Crippen MR) is 83.9 cm³/mol. The highest BCUT2D eigenvalue weighted by Crippen LogP contribution is 2.26. The summed E-state index contributed by atoms with van der Waals surface area (Å²) in [4.78, 5) is 0. The zero-order chi connectivity index (χ0) is 14.7. The molecule has 2 N–H and O–H groups in total. The summed E-state index contributed by atoms with van der Waals surface area (Å²) in [6.07, 6.45) is 0.730. The van der Waals surface area contributed by atoms with Gasteiger partial charge in [0, 0.05) is 19.5 Å². The third kappa shape index (κ3) is 3.22. The maximum Gasteiger partial charge on any atom is 0.119 e. The summed E-state index contributed by atoms with van der Waals surface area (Å²) >= 11 is 3.58. The molecule has 1 atom stereocenters. The number of nitrogens with zero attached hydrogens (tertiary/aromatic N) is 2. The van der Waals surface area contributed by atoms with Gasteiger partial charge in [-0.05, 0) is 47.5 Å². The van der Waals surface area contributed by atoms with Crippen LogP contribution >= 0.6 is 15.9 Å². The van der Waals surface area contributed by atoms with Crippen molar-refractivity contribution in [2.45, 2.75) is 26.3 Å². The maximum atomic E-state index is 6.32. The molecular weight excluding hydrogens is 318 g/mol. The lowest BCUT2D eigenvalue weighted by Crippen LogP contribution is -2.15. The molecule has 2 rings (SSSR count). The third-order valence-corrected chi connectivity index (χ3v) is 4.30. The summed E-state index contributed by atoms with van der Waals surface area (Å²) in [5.41, 5.74) is 9.48. The second-order valence-electron chi connectivity index (χ2n) is 4.79. The average Bonchev–Trinajstić information content (AvgIpc) is 2.66. The van der Waals surface area contributed by atoms with Crippen molar-refractivity contribution >= 4 is 15.9 Å². The van der Waals surface area contributed by atoms with Crippen LogP contribution in [-0.2, 0) is 13.5 Å². The molecule has 5 heteroatoms. The van der Waals surface area contributed by atoms with Crippen LogP contribution in [0.5, 0.6) is 5.75 Å². The van der Waals surface area contributed by atoms with E-state index in [1.165, 1.54) is 0 Å². The molecule has 1 aromatic heterocycles. The molecule has 1 heterocycles. The molecular formula is C15H20BrN3O. The van der Waals surface area contributed by atoms with E-state index in [0.29, 0.717) is 6.61 Å². The highest BCUT2D eigenvalue weighted by atomic mass is 79.9. The molecule has 0 bridgehead atoms. The Morgan fingerprint density at radius 2 is 2.20 bits per heavy atom. The average molecular weight is 338 g/mol. The molecule has 0 fully saturated rings. The van der Waals surface area contributed by atoms with E-state index < -0.39 is 0 Å². The summed E-state index contributed by atoms with van der Waals surface area (Å²) in [7, 11) is 1.94. The first-order chi connectivity index (χ1) is 9.52. The third-order valence-electron chi connectivity index (χ3n) is 3.27. The second kappa shape index (κ2) is 6.41. The van der Waals surface area contributed by atoms with Gasteiger partial charge in [-0.1, -0.05) is 12.1 Å². The molecule has 1 unspecified atom stereocenters. The molecule has 0 saturated carbocycles. The van der Waals surface area contributed by atoms with Crippen molar-refractivity contribution in [3.8, 4) is 5.75 Å². The Bertz CT molecular complexity index is 595. The Morgan fingerprint density at radius 3 is 2.80 bits per heavy atom. The van der Waals surface area contributed by atoms with Crippen molar-refractivity contribution in [1.82, 2.24) is 9.78 Å². The van der Waals surface area contributed by atoms with E-state index in [0.717, 1.165) is 33.6 Å². The molecule has 20 heavy (non-hydrogen) atoms. The van der Waals surface area contributed by atoms with Crippen LogP contribution in [-0.4, -0.2) is 16.4 Å². The minimum absolute atomic E-state index is 0.0819. The molecule has 0 aliphatic rings. The van der Waals surface area contributed by atoms with Gasteiger partial charge in [-0.15, -0.1) is 0 Å². The molecule has 1 aromatic carbocycles. The first kappa shape index (κ1) is 15.1. The van der Waals surface area contributed by atoms with E-state index >= 15 is 0 Å². The van der Waals surface area contributed by atoms with Gasteiger partial charge in [0.05, 0.1) is 22.5 Å². The van der Waals surface area contributed by atoms with Crippen LogP contribution in [0.4, 0.5) is 0 Å². The van der Waals surface area contributed by atoms with E-state index in [1.54, 1.807) is 0 Å². The van der Waals surface area contributed by atoms with E-state index in [4.69, 9.17) is 10.5 Å². The molecule has 0 radical (unpaired) electrons. The molecule has 2 aromatic rings. The summed E-state index contributed by atoms with van der Waals surface area (Å²) in [5.74, 6) is 0.862. The van der Waals surface area contributed by atoms with Crippen LogP contribution < -0.4 is 10.5 Å². The van der Waals surface area contributed by atoms with Crippen molar-refractivity contribution < 1.29 is 4.74 Å². The predicted octanol–water partition coefficient (Wildman–Crippen LogP) is 3.13. The number of hydrogen-bond acceptors (Lipinski definition) is 3. The van der Waals surface area contributed by atoms with E-state index in [9.17, 15) is 0 Å². The topological polar surface area (TPSA) is 53.1 Å². The van der Waals surface area contributed by atoms with Crippen molar-refractivity contribution in [1.29, 1.82) is 0 Å². The van der Waals surface area contributed by atoms with Crippen molar-refractivity contribution in [2.24, 2.45) is 12.8 Å². The number of nitrogens with two attached hydrogens (primary N) is 1. The van der Waals surface area contributed by atoms with Crippen LogP contribution in [0, 0.1) is 6.92 Å². The lowest BCUT2D eigenvalue weighted by Gasteiger charge is -2.14. The van der Waals surface area contributed by atoms with Crippen LogP contribution in [0.25, 0.3) is 0 Å². The number of hydrogen-bond donors (Lipinski definition) is 1. The zero-order valence-electron chi connectivity index (χ0n) is 12.1. The minimum atomic E-state index is -0.0819. The van der Waals surface area contributed by atoms with Gasteiger partial charge in [0.1, 0.15) is 5.75 Å². The molecule has 4 nitrogen and oxygen atoms in total. The first-order valence-corrected chi connectivity index (χ1v) is 7.48. The van der Waals surface area contributed by atoms with Gasteiger partial charge in [0.15, 0.2) is 0 Å². The molecule has 0 aliphatic carbocycles. The van der Waals surface area contributed by atoms with Crippen LogP contribution in [0.15, 0.2) is 28.7 Å². The van der Waals surface area contributed by atoms with Crippen LogP contribution in [0.3, 0.4) is 0 Å². The number of aromatic nitrogens is 2. The highest BCUT2D eigenvalue weighted by Gasteiger charge is 2.15. The normalized spacial score (nSPS) is 12.4. The largest absolute Gasteiger partial charge is 0.494 e. The Kier molecular flexibility index (Phi) is 4.83. The number of benzene rings is 1. The standard InChI is InChI=1S/C15H20BrN3O/c1-4-20-12-7-5-6-11(8-12)13(17)9-14-15(16)10(2)18-19(14)3/h5-8,13H,4,9,17H2,1-3H3. The van der Waals surface area contributed by atoms with Gasteiger partial charge < -0.3 is 10.5 Å². The van der Waals surface area contributed by atoms with Gasteiger partial charge in [0.25, 0.3) is 0 Å². The summed E-state index contributed by atoms with van der Waals surface area (Å²) < 4.78 is 8.44. The van der Waals surface area contributed by atoms with Gasteiger partial charge in [-0.25, -0.2) is 0 Å². The van der Waals surface area contributed by atoms with Gasteiger partial charge in [-0.3, -0.25) is 4.68 Å². The fourth-order valence-electron chi connectivity index (χ4n) is 2.23. The number of rotatable bonds is 5. The van der Waals surface area contributed by atoms with E-state index in [1.807, 2.05) is 49.8 Å². The minimum Gasteiger partial charge on any atom is -0.494 e. The van der Waals surface area contributed by atoms with E-state index in [2.05, 4.69) is 21.0 Å². The lowest BCUT2D eigenvalue weighted by atomic mass is 10.0. The van der Waals surface area contributed by atoms with Crippen LogP contribution in [0.1, 0.15) is 29.9 Å². The highest BCUT2D eigenvalue weighted by molar-refractivity contribution is 9.10. The van der Waals surface area contributed by atoms with Crippen molar-refractivity contribution in [2.75, 3.05) is 6.61 Å². The fraction of sp³-hybridized carbons (Fsp3) is 0.400. The Labute approximate surface area is 128 Å². The maximum absolute atomic E-state index is 6.32. The summed E-state index contributed by atoms with van der Waals surface area (Å²) in [5, 5.41) is 4.39. The molecule has 0 spiro atoms. The Hall–Kier alpha value is -1.33. The molecule has 108 valence electrons. The smallest absolute Gasteiger partial charge is 0.119 e. The summed E-state index contributed by atoms with van der Waals surface area (Å²) in [6.45, 7) is 4.61. The Morgan fingerprint density at radius 1 is 1.45 bits per heavy atom. The monoisotopic (exact) mass is 337 g/mol. The van der Waals surface area contributed by atoms with Crippen molar-refractivity contribution in [3.63, 3.8) is 0 Å². The SMILES string of the molecule is CCOc1cccc(C(N)Cc2c(Br)c(C)nn2C)c1. The number of ether oxygens (including phenoxy) is 1. The zero-order valence-corrected chi connectivity index (χ0v) is 13.6.